The lowest BCUT2D eigenvalue weighted by atomic mass is 9.90. The van der Waals surface area contributed by atoms with Gasteiger partial charge in [-0.2, -0.15) is 13.2 Å². The van der Waals surface area contributed by atoms with Crippen LogP contribution >= 0.6 is 0 Å². The van der Waals surface area contributed by atoms with Crippen molar-refractivity contribution >= 4 is 16.9 Å². The first-order chi connectivity index (χ1) is 12.6. The number of benzene rings is 1. The predicted octanol–water partition coefficient (Wildman–Crippen LogP) is 3.84. The minimum absolute atomic E-state index is 0.0967. The lowest BCUT2D eigenvalue weighted by Gasteiger charge is -2.33. The maximum Gasteiger partial charge on any atom is 0.449 e. The zero-order valence-corrected chi connectivity index (χ0v) is 15.8. The van der Waals surface area contributed by atoms with Gasteiger partial charge in [0.15, 0.2) is 0 Å². The van der Waals surface area contributed by atoms with Crippen molar-refractivity contribution in [1.82, 2.24) is 14.5 Å². The Morgan fingerprint density at radius 1 is 1.22 bits per heavy atom. The summed E-state index contributed by atoms with van der Waals surface area (Å²) in [5.74, 6) is -0.713. The number of fused-ring (bicyclic) bond motifs is 1. The van der Waals surface area contributed by atoms with E-state index in [4.69, 9.17) is 5.73 Å². The molecule has 1 aliphatic heterocycles. The molecule has 148 valence electrons. The smallest absolute Gasteiger partial charge is 0.339 e. The molecule has 1 unspecified atom stereocenters. The monoisotopic (exact) mass is 382 g/mol. The fraction of sp³-hybridized carbons (Fsp3) is 0.579. The van der Waals surface area contributed by atoms with E-state index in [0.717, 1.165) is 17.4 Å². The first-order valence-electron chi connectivity index (χ1n) is 9.23. The van der Waals surface area contributed by atoms with Gasteiger partial charge in [-0.15, -0.1) is 0 Å². The van der Waals surface area contributed by atoms with E-state index in [1.807, 2.05) is 6.92 Å². The summed E-state index contributed by atoms with van der Waals surface area (Å²) < 4.78 is 41.2. The van der Waals surface area contributed by atoms with Gasteiger partial charge in [-0.1, -0.05) is 0 Å². The van der Waals surface area contributed by atoms with Crippen LogP contribution < -0.4 is 5.73 Å². The number of amides is 1. The van der Waals surface area contributed by atoms with E-state index in [9.17, 15) is 18.0 Å². The van der Waals surface area contributed by atoms with Crippen molar-refractivity contribution in [1.29, 1.82) is 0 Å². The van der Waals surface area contributed by atoms with Crippen molar-refractivity contribution in [2.24, 2.45) is 11.7 Å². The molecule has 1 aromatic heterocycles. The second kappa shape index (κ2) is 7.14. The van der Waals surface area contributed by atoms with Crippen molar-refractivity contribution < 1.29 is 18.0 Å². The highest BCUT2D eigenvalue weighted by molar-refractivity contribution is 5.97. The number of hydrogen-bond donors (Lipinski definition) is 1. The highest BCUT2D eigenvalue weighted by Crippen LogP contribution is 2.34. The molecule has 0 bridgehead atoms. The van der Waals surface area contributed by atoms with E-state index < -0.39 is 18.0 Å². The average Bonchev–Trinajstić information content (AvgIpc) is 3.00. The Bertz CT molecular complexity index is 833. The van der Waals surface area contributed by atoms with Gasteiger partial charge in [-0.05, 0) is 57.7 Å². The summed E-state index contributed by atoms with van der Waals surface area (Å²) in [7, 11) is 0. The van der Waals surface area contributed by atoms with E-state index in [-0.39, 0.29) is 17.5 Å². The Hall–Kier alpha value is -2.09. The van der Waals surface area contributed by atoms with Gasteiger partial charge < -0.3 is 15.2 Å². The van der Waals surface area contributed by atoms with Crippen molar-refractivity contribution in [3.63, 3.8) is 0 Å². The Kier molecular flexibility index (Phi) is 5.20. The van der Waals surface area contributed by atoms with Crippen LogP contribution in [0.2, 0.25) is 0 Å². The summed E-state index contributed by atoms with van der Waals surface area (Å²) in [4.78, 5) is 18.3. The number of carbonyl (C=O) groups is 1. The van der Waals surface area contributed by atoms with Crippen LogP contribution in [0.4, 0.5) is 13.2 Å². The molecule has 2 N–H and O–H groups in total. The minimum atomic E-state index is -4.55. The zero-order chi connectivity index (χ0) is 19.9. The van der Waals surface area contributed by atoms with Gasteiger partial charge in [-0.25, -0.2) is 4.98 Å². The molecule has 2 aromatic rings. The van der Waals surface area contributed by atoms with Gasteiger partial charge in [0, 0.05) is 30.7 Å². The number of nitrogens with zero attached hydrogens (tertiary/aromatic N) is 3. The fourth-order valence-electron chi connectivity index (χ4n) is 3.77. The van der Waals surface area contributed by atoms with Crippen molar-refractivity contribution in [2.75, 3.05) is 13.1 Å². The number of rotatable bonds is 3. The second-order valence-corrected chi connectivity index (χ2v) is 7.59. The van der Waals surface area contributed by atoms with Crippen molar-refractivity contribution in [2.45, 2.75) is 51.9 Å². The average molecular weight is 382 g/mol. The lowest BCUT2D eigenvalue weighted by molar-refractivity contribution is -0.147. The maximum atomic E-state index is 13.3. The van der Waals surface area contributed by atoms with Crippen LogP contribution in [0.1, 0.15) is 55.8 Å². The van der Waals surface area contributed by atoms with Gasteiger partial charge in [0.05, 0.1) is 11.0 Å². The number of carbonyl (C=O) groups excluding carboxylic acids is 1. The Morgan fingerprint density at radius 2 is 1.85 bits per heavy atom. The first-order valence-corrected chi connectivity index (χ1v) is 9.23. The predicted molar refractivity (Wildman–Crippen MR) is 97.4 cm³/mol. The van der Waals surface area contributed by atoms with E-state index in [1.54, 1.807) is 30.9 Å². The molecule has 0 saturated carbocycles. The molecule has 1 amide bonds. The molecule has 1 fully saturated rings. The summed E-state index contributed by atoms with van der Waals surface area (Å²) >= 11 is 0. The molecule has 27 heavy (non-hydrogen) atoms. The number of halogens is 3. The molecular weight excluding hydrogens is 357 g/mol. The fourth-order valence-corrected chi connectivity index (χ4v) is 3.77. The number of likely N-dealkylation sites (tertiary alicyclic amines) is 1. The zero-order valence-electron chi connectivity index (χ0n) is 15.8. The van der Waals surface area contributed by atoms with Crippen molar-refractivity contribution in [3.05, 3.63) is 29.6 Å². The largest absolute Gasteiger partial charge is 0.449 e. The lowest BCUT2D eigenvalue weighted by Crippen LogP contribution is -2.42. The first kappa shape index (κ1) is 19.7. The third-order valence-corrected chi connectivity index (χ3v) is 5.28. The van der Waals surface area contributed by atoms with Gasteiger partial charge in [0.2, 0.25) is 5.82 Å². The molecule has 1 saturated heterocycles. The van der Waals surface area contributed by atoms with Crippen molar-refractivity contribution in [3.8, 4) is 0 Å². The number of imidazole rings is 1. The molecule has 0 radical (unpaired) electrons. The molecular formula is C19H25F3N4O. The summed E-state index contributed by atoms with van der Waals surface area (Å²) in [6, 6.07) is 4.30. The standard InChI is InChI=1S/C19H25F3N4O/c1-11(2)26-16-5-4-14(10-15(16)24-18(26)19(20,21)22)17(27)25-8-6-13(7-9-25)12(3)23/h4-5,10-13H,6-9,23H2,1-3H3. The highest BCUT2D eigenvalue weighted by atomic mass is 19.4. The normalized spacial score (nSPS) is 17.7. The molecule has 1 aliphatic rings. The second-order valence-electron chi connectivity index (χ2n) is 7.59. The molecule has 5 nitrogen and oxygen atoms in total. The van der Waals surface area contributed by atoms with Gasteiger partial charge in [-0.3, -0.25) is 4.79 Å². The molecule has 0 aliphatic carbocycles. The molecule has 1 atom stereocenters. The van der Waals surface area contributed by atoms with Gasteiger partial charge in [0.25, 0.3) is 5.91 Å². The number of aromatic nitrogens is 2. The third-order valence-electron chi connectivity index (χ3n) is 5.28. The topological polar surface area (TPSA) is 64.2 Å². The quantitative estimate of drug-likeness (QED) is 0.877. The van der Waals surface area contributed by atoms with E-state index in [2.05, 4.69) is 4.98 Å². The Balaban J connectivity index is 1.90. The van der Waals surface area contributed by atoms with Crippen LogP contribution in [0.15, 0.2) is 18.2 Å². The highest BCUT2D eigenvalue weighted by Gasteiger charge is 2.38. The van der Waals surface area contributed by atoms with Crippen LogP contribution in [0.5, 0.6) is 0 Å². The van der Waals surface area contributed by atoms with E-state index in [0.29, 0.717) is 30.1 Å². The molecule has 3 rings (SSSR count). The van der Waals surface area contributed by atoms with Crippen LogP contribution in [-0.2, 0) is 6.18 Å². The molecule has 1 aromatic carbocycles. The van der Waals surface area contributed by atoms with Crippen LogP contribution in [0.25, 0.3) is 11.0 Å². The van der Waals surface area contributed by atoms with Crippen LogP contribution in [0, 0.1) is 5.92 Å². The van der Waals surface area contributed by atoms with E-state index in [1.165, 1.54) is 6.07 Å². The van der Waals surface area contributed by atoms with E-state index >= 15 is 0 Å². The number of piperidine rings is 1. The summed E-state index contributed by atoms with van der Waals surface area (Å²) in [6.45, 7) is 6.55. The summed E-state index contributed by atoms with van der Waals surface area (Å²) in [5, 5.41) is 0. The minimum Gasteiger partial charge on any atom is -0.339 e. The molecule has 0 spiro atoms. The van der Waals surface area contributed by atoms with Gasteiger partial charge >= 0.3 is 6.18 Å². The third kappa shape index (κ3) is 3.81. The number of alkyl halides is 3. The summed E-state index contributed by atoms with van der Waals surface area (Å²) in [6.07, 6.45) is -2.87. The molecule has 2 heterocycles. The summed E-state index contributed by atoms with van der Waals surface area (Å²) in [5.41, 5.74) is 6.86. The number of nitrogens with two attached hydrogens (primary N) is 1. The Labute approximate surface area is 156 Å². The number of hydrogen-bond acceptors (Lipinski definition) is 3. The van der Waals surface area contributed by atoms with Crippen LogP contribution in [-0.4, -0.2) is 39.5 Å². The maximum absolute atomic E-state index is 13.3. The Morgan fingerprint density at radius 3 is 2.37 bits per heavy atom. The van der Waals surface area contributed by atoms with Crippen LogP contribution in [0.3, 0.4) is 0 Å². The SMILES string of the molecule is CC(N)C1CCN(C(=O)c2ccc3c(c2)nc(C(F)(F)F)n3C(C)C)CC1. The molecule has 8 heteroatoms. The van der Waals surface area contributed by atoms with Gasteiger partial charge in [0.1, 0.15) is 0 Å².